The number of hydrogen-bond donors (Lipinski definition) is 1. The van der Waals surface area contributed by atoms with E-state index in [4.69, 9.17) is 0 Å². The minimum absolute atomic E-state index is 0.223. The molecule has 2 rings (SSSR count). The maximum Gasteiger partial charge on any atom is 0.320 e. The zero-order chi connectivity index (χ0) is 13.0. The van der Waals surface area contributed by atoms with Crippen molar-refractivity contribution in [3.05, 3.63) is 0 Å². The zero-order valence-corrected chi connectivity index (χ0v) is 11.7. The number of rotatable bonds is 5. The van der Waals surface area contributed by atoms with Gasteiger partial charge in [-0.1, -0.05) is 45.4 Å². The van der Waals surface area contributed by atoms with Crippen LogP contribution in [0.4, 0.5) is 0 Å². The SMILES string of the molecule is CCCCC(C(=O)O)N1CC2(CCCCCC2)C1. The first-order chi connectivity index (χ1) is 8.67. The summed E-state index contributed by atoms with van der Waals surface area (Å²) in [6.07, 6.45) is 11.0. The average Bonchev–Trinajstić information content (AvgIpc) is 2.54. The van der Waals surface area contributed by atoms with Crippen LogP contribution in [0.25, 0.3) is 0 Å². The highest BCUT2D eigenvalue weighted by atomic mass is 16.4. The molecule has 2 aliphatic rings. The largest absolute Gasteiger partial charge is 0.480 e. The van der Waals surface area contributed by atoms with Gasteiger partial charge in [0.25, 0.3) is 0 Å². The number of hydrogen-bond acceptors (Lipinski definition) is 2. The van der Waals surface area contributed by atoms with Crippen LogP contribution in [0.3, 0.4) is 0 Å². The van der Waals surface area contributed by atoms with Crippen molar-refractivity contribution in [1.82, 2.24) is 4.90 Å². The van der Waals surface area contributed by atoms with E-state index in [0.29, 0.717) is 5.41 Å². The lowest BCUT2D eigenvalue weighted by molar-refractivity contribution is -0.150. The van der Waals surface area contributed by atoms with Crippen molar-refractivity contribution in [2.24, 2.45) is 5.41 Å². The lowest BCUT2D eigenvalue weighted by Crippen LogP contribution is -2.61. The van der Waals surface area contributed by atoms with Crippen LogP contribution in [-0.4, -0.2) is 35.1 Å². The zero-order valence-electron chi connectivity index (χ0n) is 11.7. The van der Waals surface area contributed by atoms with Crippen molar-refractivity contribution >= 4 is 5.97 Å². The summed E-state index contributed by atoms with van der Waals surface area (Å²) in [4.78, 5) is 13.5. The van der Waals surface area contributed by atoms with Gasteiger partial charge in [-0.2, -0.15) is 0 Å². The van der Waals surface area contributed by atoms with E-state index in [-0.39, 0.29) is 6.04 Å². The highest BCUT2D eigenvalue weighted by Gasteiger charge is 2.46. The quantitative estimate of drug-likeness (QED) is 0.817. The molecular weight excluding hydrogens is 226 g/mol. The lowest BCUT2D eigenvalue weighted by Gasteiger charge is -2.52. The molecule has 104 valence electrons. The van der Waals surface area contributed by atoms with Gasteiger partial charge in [-0.05, 0) is 24.7 Å². The standard InChI is InChI=1S/C15H27NO2/c1-2-3-8-13(14(17)18)16-11-15(12-16)9-6-4-5-7-10-15/h13H,2-12H2,1H3,(H,17,18). The fourth-order valence-electron chi connectivity index (χ4n) is 3.69. The molecule has 1 spiro atoms. The Balaban J connectivity index is 1.86. The van der Waals surface area contributed by atoms with Crippen LogP contribution in [0, 0.1) is 5.41 Å². The predicted molar refractivity (Wildman–Crippen MR) is 72.7 cm³/mol. The summed E-state index contributed by atoms with van der Waals surface area (Å²) in [5.74, 6) is -0.619. The van der Waals surface area contributed by atoms with Gasteiger partial charge in [0, 0.05) is 13.1 Å². The molecule has 18 heavy (non-hydrogen) atoms. The van der Waals surface area contributed by atoms with E-state index in [0.717, 1.165) is 32.4 Å². The second kappa shape index (κ2) is 6.05. The van der Waals surface area contributed by atoms with E-state index >= 15 is 0 Å². The van der Waals surface area contributed by atoms with Gasteiger partial charge in [-0.15, -0.1) is 0 Å². The molecule has 1 N–H and O–H groups in total. The number of nitrogens with zero attached hydrogens (tertiary/aromatic N) is 1. The third-order valence-corrected chi connectivity index (χ3v) is 4.80. The van der Waals surface area contributed by atoms with Crippen LogP contribution in [-0.2, 0) is 4.79 Å². The van der Waals surface area contributed by atoms with E-state index in [1.807, 2.05) is 0 Å². The molecule has 0 bridgehead atoms. The molecule has 1 aliphatic carbocycles. The average molecular weight is 253 g/mol. The lowest BCUT2D eigenvalue weighted by atomic mass is 9.72. The molecule has 0 amide bonds. The summed E-state index contributed by atoms with van der Waals surface area (Å²) in [6.45, 7) is 4.20. The molecule has 0 aromatic carbocycles. The summed E-state index contributed by atoms with van der Waals surface area (Å²) in [6, 6.07) is -0.223. The number of likely N-dealkylation sites (tertiary alicyclic amines) is 1. The summed E-state index contributed by atoms with van der Waals surface area (Å²) in [5, 5.41) is 9.34. The van der Waals surface area contributed by atoms with E-state index < -0.39 is 5.97 Å². The number of unbranched alkanes of at least 4 members (excludes halogenated alkanes) is 1. The molecule has 0 aromatic rings. The normalized spacial score (nSPS) is 25.4. The van der Waals surface area contributed by atoms with Gasteiger partial charge in [-0.25, -0.2) is 0 Å². The van der Waals surface area contributed by atoms with Crippen molar-refractivity contribution in [2.45, 2.75) is 70.8 Å². The third kappa shape index (κ3) is 3.05. The first kappa shape index (κ1) is 13.9. The number of carbonyl (C=O) groups is 1. The molecule has 3 nitrogen and oxygen atoms in total. The van der Waals surface area contributed by atoms with E-state index in [1.165, 1.54) is 38.5 Å². The Labute approximate surface area is 111 Å². The van der Waals surface area contributed by atoms with Crippen LogP contribution in [0.2, 0.25) is 0 Å². The maximum absolute atomic E-state index is 11.3. The molecule has 1 atom stereocenters. The Kier molecular flexibility index (Phi) is 4.66. The number of carboxylic acid groups (broad SMARTS) is 1. The van der Waals surface area contributed by atoms with Crippen molar-refractivity contribution < 1.29 is 9.90 Å². The number of carboxylic acids is 1. The fraction of sp³-hybridized carbons (Fsp3) is 0.933. The predicted octanol–water partition coefficient (Wildman–Crippen LogP) is 3.29. The van der Waals surface area contributed by atoms with Crippen LogP contribution in [0.5, 0.6) is 0 Å². The molecular formula is C15H27NO2. The van der Waals surface area contributed by atoms with Gasteiger partial charge < -0.3 is 5.11 Å². The smallest absolute Gasteiger partial charge is 0.320 e. The van der Waals surface area contributed by atoms with Crippen LogP contribution >= 0.6 is 0 Å². The Hall–Kier alpha value is -0.570. The number of aliphatic carboxylic acids is 1. The molecule has 1 heterocycles. The maximum atomic E-state index is 11.3. The minimum atomic E-state index is -0.619. The van der Waals surface area contributed by atoms with Gasteiger partial charge in [0.1, 0.15) is 6.04 Å². The Bertz CT molecular complexity index is 274. The highest BCUT2D eigenvalue weighted by molar-refractivity contribution is 5.73. The first-order valence-electron chi connectivity index (χ1n) is 7.64. The molecule has 1 saturated carbocycles. The van der Waals surface area contributed by atoms with Crippen LogP contribution in [0.1, 0.15) is 64.7 Å². The van der Waals surface area contributed by atoms with Crippen molar-refractivity contribution in [1.29, 1.82) is 0 Å². The second-order valence-electron chi connectivity index (χ2n) is 6.32. The molecule has 3 heteroatoms. The molecule has 2 fully saturated rings. The van der Waals surface area contributed by atoms with Crippen molar-refractivity contribution in [3.8, 4) is 0 Å². The molecule has 1 unspecified atom stereocenters. The Morgan fingerprint density at radius 2 is 1.83 bits per heavy atom. The van der Waals surface area contributed by atoms with Gasteiger partial charge in [0.15, 0.2) is 0 Å². The van der Waals surface area contributed by atoms with Gasteiger partial charge in [0.2, 0.25) is 0 Å². The van der Waals surface area contributed by atoms with Gasteiger partial charge in [0.05, 0.1) is 0 Å². The van der Waals surface area contributed by atoms with Crippen molar-refractivity contribution in [3.63, 3.8) is 0 Å². The van der Waals surface area contributed by atoms with E-state index in [1.54, 1.807) is 0 Å². The van der Waals surface area contributed by atoms with E-state index in [2.05, 4.69) is 11.8 Å². The highest BCUT2D eigenvalue weighted by Crippen LogP contribution is 2.43. The third-order valence-electron chi connectivity index (χ3n) is 4.80. The summed E-state index contributed by atoms with van der Waals surface area (Å²) >= 11 is 0. The minimum Gasteiger partial charge on any atom is -0.480 e. The fourth-order valence-corrected chi connectivity index (χ4v) is 3.69. The topological polar surface area (TPSA) is 40.5 Å². The van der Waals surface area contributed by atoms with Gasteiger partial charge in [-0.3, -0.25) is 9.69 Å². The van der Waals surface area contributed by atoms with Gasteiger partial charge >= 0.3 is 5.97 Å². The Morgan fingerprint density at radius 3 is 2.33 bits per heavy atom. The summed E-state index contributed by atoms with van der Waals surface area (Å²) < 4.78 is 0. The monoisotopic (exact) mass is 253 g/mol. The van der Waals surface area contributed by atoms with Crippen LogP contribution in [0.15, 0.2) is 0 Å². The second-order valence-corrected chi connectivity index (χ2v) is 6.32. The van der Waals surface area contributed by atoms with Crippen molar-refractivity contribution in [2.75, 3.05) is 13.1 Å². The summed E-state index contributed by atoms with van der Waals surface area (Å²) in [5.41, 5.74) is 0.483. The molecule has 1 saturated heterocycles. The molecule has 0 aromatic heterocycles. The molecule has 1 aliphatic heterocycles. The molecule has 0 radical (unpaired) electrons. The Morgan fingerprint density at radius 1 is 1.22 bits per heavy atom. The van der Waals surface area contributed by atoms with Crippen LogP contribution < -0.4 is 0 Å². The summed E-state index contributed by atoms with van der Waals surface area (Å²) in [7, 11) is 0. The van der Waals surface area contributed by atoms with E-state index in [9.17, 15) is 9.90 Å². The first-order valence-corrected chi connectivity index (χ1v) is 7.64.